The van der Waals surface area contributed by atoms with Crippen molar-refractivity contribution in [1.82, 2.24) is 14.7 Å². The molecule has 130 valence electrons. The summed E-state index contributed by atoms with van der Waals surface area (Å²) < 4.78 is 7.16. The van der Waals surface area contributed by atoms with Gasteiger partial charge in [0.1, 0.15) is 0 Å². The Morgan fingerprint density at radius 1 is 0.960 bits per heavy atom. The highest BCUT2D eigenvalue weighted by atomic mass is 16.5. The summed E-state index contributed by atoms with van der Waals surface area (Å²) in [5, 5.41) is 4.27. The van der Waals surface area contributed by atoms with Crippen LogP contribution < -0.4 is 0 Å². The fourth-order valence-corrected chi connectivity index (χ4v) is 2.82. The normalized spacial score (nSPS) is 11.2. The molecule has 0 saturated heterocycles. The SMILES string of the molecule is COCCN(Cc1ccc(C)cc1)Cc1ccc(-n2cccn2)cc1. The Bertz CT molecular complexity index is 749. The van der Waals surface area contributed by atoms with Crippen LogP contribution in [0.25, 0.3) is 5.69 Å². The third-order valence-corrected chi connectivity index (χ3v) is 4.25. The van der Waals surface area contributed by atoms with E-state index in [2.05, 4.69) is 65.5 Å². The molecule has 3 rings (SSSR count). The first kappa shape index (κ1) is 17.4. The van der Waals surface area contributed by atoms with Crippen molar-refractivity contribution in [3.8, 4) is 5.69 Å². The van der Waals surface area contributed by atoms with E-state index in [4.69, 9.17) is 4.74 Å². The van der Waals surface area contributed by atoms with Crippen LogP contribution in [-0.4, -0.2) is 34.9 Å². The summed E-state index contributed by atoms with van der Waals surface area (Å²) in [7, 11) is 1.75. The standard InChI is InChI=1S/C21H25N3O/c1-18-4-6-19(7-5-18)16-23(14-15-25-2)17-20-8-10-21(11-9-20)24-13-3-12-22-24/h3-13H,14-17H2,1-2H3. The maximum absolute atomic E-state index is 5.28. The predicted molar refractivity (Wildman–Crippen MR) is 101 cm³/mol. The topological polar surface area (TPSA) is 30.3 Å². The lowest BCUT2D eigenvalue weighted by Gasteiger charge is -2.22. The van der Waals surface area contributed by atoms with Gasteiger partial charge >= 0.3 is 0 Å². The molecule has 1 heterocycles. The van der Waals surface area contributed by atoms with E-state index in [1.165, 1.54) is 16.7 Å². The van der Waals surface area contributed by atoms with Gasteiger partial charge < -0.3 is 4.74 Å². The van der Waals surface area contributed by atoms with Crippen LogP contribution in [0, 0.1) is 6.92 Å². The van der Waals surface area contributed by atoms with Gasteiger partial charge in [-0.15, -0.1) is 0 Å². The summed E-state index contributed by atoms with van der Waals surface area (Å²) >= 11 is 0. The zero-order valence-corrected chi connectivity index (χ0v) is 14.9. The van der Waals surface area contributed by atoms with Crippen molar-refractivity contribution in [2.75, 3.05) is 20.3 Å². The third-order valence-electron chi connectivity index (χ3n) is 4.25. The molecule has 4 heteroatoms. The number of aromatic nitrogens is 2. The van der Waals surface area contributed by atoms with E-state index in [0.29, 0.717) is 0 Å². The molecule has 1 aromatic heterocycles. The molecule has 0 aliphatic carbocycles. The molecule has 0 bridgehead atoms. The summed E-state index contributed by atoms with van der Waals surface area (Å²) in [6, 6.07) is 19.3. The Labute approximate surface area is 149 Å². The van der Waals surface area contributed by atoms with Crippen molar-refractivity contribution >= 4 is 0 Å². The molecular formula is C21H25N3O. The molecule has 4 nitrogen and oxygen atoms in total. The Morgan fingerprint density at radius 2 is 1.60 bits per heavy atom. The number of rotatable bonds is 8. The van der Waals surface area contributed by atoms with Crippen molar-refractivity contribution in [1.29, 1.82) is 0 Å². The highest BCUT2D eigenvalue weighted by Gasteiger charge is 2.08. The summed E-state index contributed by atoms with van der Waals surface area (Å²) in [5.74, 6) is 0. The van der Waals surface area contributed by atoms with Crippen LogP contribution in [0.3, 0.4) is 0 Å². The van der Waals surface area contributed by atoms with E-state index in [9.17, 15) is 0 Å². The molecule has 0 aliphatic rings. The van der Waals surface area contributed by atoms with Crippen LogP contribution in [0.2, 0.25) is 0 Å². The van der Waals surface area contributed by atoms with Crippen LogP contribution >= 0.6 is 0 Å². The lowest BCUT2D eigenvalue weighted by atomic mass is 10.1. The zero-order valence-electron chi connectivity index (χ0n) is 14.9. The first-order chi connectivity index (χ1) is 12.2. The van der Waals surface area contributed by atoms with Gasteiger partial charge in [-0.3, -0.25) is 4.90 Å². The molecule has 0 saturated carbocycles. The fourth-order valence-electron chi connectivity index (χ4n) is 2.82. The molecular weight excluding hydrogens is 310 g/mol. The van der Waals surface area contributed by atoms with Crippen molar-refractivity contribution in [2.45, 2.75) is 20.0 Å². The average molecular weight is 335 g/mol. The molecule has 2 aromatic carbocycles. The minimum Gasteiger partial charge on any atom is -0.383 e. The second-order valence-electron chi connectivity index (χ2n) is 6.31. The van der Waals surface area contributed by atoms with Crippen molar-refractivity contribution in [2.24, 2.45) is 0 Å². The smallest absolute Gasteiger partial charge is 0.0645 e. The predicted octanol–water partition coefficient (Wildman–Crippen LogP) is 3.83. The summed E-state index contributed by atoms with van der Waals surface area (Å²) in [6.45, 7) is 5.58. The van der Waals surface area contributed by atoms with Gasteiger partial charge in [-0.25, -0.2) is 4.68 Å². The van der Waals surface area contributed by atoms with E-state index in [-0.39, 0.29) is 0 Å². The van der Waals surface area contributed by atoms with Crippen LogP contribution in [0.4, 0.5) is 0 Å². The molecule has 25 heavy (non-hydrogen) atoms. The number of methoxy groups -OCH3 is 1. The van der Waals surface area contributed by atoms with E-state index in [1.54, 1.807) is 13.3 Å². The van der Waals surface area contributed by atoms with Crippen LogP contribution in [-0.2, 0) is 17.8 Å². The Morgan fingerprint density at radius 3 is 2.16 bits per heavy atom. The minimum atomic E-state index is 0.733. The van der Waals surface area contributed by atoms with E-state index >= 15 is 0 Å². The molecule has 0 amide bonds. The summed E-state index contributed by atoms with van der Waals surface area (Å²) in [5.41, 5.74) is 4.99. The number of hydrogen-bond acceptors (Lipinski definition) is 3. The van der Waals surface area contributed by atoms with Crippen LogP contribution in [0.5, 0.6) is 0 Å². The average Bonchev–Trinajstić information content (AvgIpc) is 3.17. The molecule has 3 aromatic rings. The molecule has 0 radical (unpaired) electrons. The van der Waals surface area contributed by atoms with Crippen molar-refractivity contribution < 1.29 is 4.74 Å². The Hall–Kier alpha value is -2.43. The van der Waals surface area contributed by atoms with Gasteiger partial charge in [0.25, 0.3) is 0 Å². The summed E-state index contributed by atoms with van der Waals surface area (Å²) in [6.07, 6.45) is 3.75. The van der Waals surface area contributed by atoms with Crippen molar-refractivity contribution in [3.05, 3.63) is 83.7 Å². The van der Waals surface area contributed by atoms with E-state index in [1.807, 2.05) is 16.9 Å². The van der Waals surface area contributed by atoms with E-state index < -0.39 is 0 Å². The number of aryl methyl sites for hydroxylation is 1. The highest BCUT2D eigenvalue weighted by Crippen LogP contribution is 2.13. The van der Waals surface area contributed by atoms with Gasteiger partial charge in [-0.05, 0) is 36.2 Å². The molecule has 0 fully saturated rings. The number of nitrogens with zero attached hydrogens (tertiary/aromatic N) is 3. The van der Waals surface area contributed by atoms with Gasteiger partial charge in [-0.2, -0.15) is 5.10 Å². The maximum atomic E-state index is 5.28. The number of ether oxygens (including phenoxy) is 1. The third kappa shape index (κ3) is 5.02. The maximum Gasteiger partial charge on any atom is 0.0645 e. The monoisotopic (exact) mass is 335 g/mol. The van der Waals surface area contributed by atoms with E-state index in [0.717, 1.165) is 31.9 Å². The molecule has 0 spiro atoms. The van der Waals surface area contributed by atoms with Gasteiger partial charge in [0, 0.05) is 39.1 Å². The lowest BCUT2D eigenvalue weighted by Crippen LogP contribution is -2.26. The van der Waals surface area contributed by atoms with Crippen molar-refractivity contribution in [3.63, 3.8) is 0 Å². The van der Waals surface area contributed by atoms with Gasteiger partial charge in [0.05, 0.1) is 12.3 Å². The summed E-state index contributed by atoms with van der Waals surface area (Å²) in [4.78, 5) is 2.41. The molecule has 0 aliphatic heterocycles. The first-order valence-electron chi connectivity index (χ1n) is 8.60. The molecule has 0 N–H and O–H groups in total. The fraction of sp³-hybridized carbons (Fsp3) is 0.286. The lowest BCUT2D eigenvalue weighted by molar-refractivity contribution is 0.140. The molecule has 0 unspecified atom stereocenters. The van der Waals surface area contributed by atoms with Gasteiger partial charge in [-0.1, -0.05) is 42.0 Å². The minimum absolute atomic E-state index is 0.733. The Kier molecular flexibility index (Phi) is 5.99. The highest BCUT2D eigenvalue weighted by molar-refractivity contribution is 5.33. The largest absolute Gasteiger partial charge is 0.383 e. The first-order valence-corrected chi connectivity index (χ1v) is 8.60. The zero-order chi connectivity index (χ0) is 17.5. The second kappa shape index (κ2) is 8.60. The van der Waals surface area contributed by atoms with Crippen LogP contribution in [0.1, 0.15) is 16.7 Å². The Balaban J connectivity index is 1.67. The molecule has 0 atom stereocenters. The quantitative estimate of drug-likeness (QED) is 0.627. The second-order valence-corrected chi connectivity index (χ2v) is 6.31. The van der Waals surface area contributed by atoms with Gasteiger partial charge in [0.2, 0.25) is 0 Å². The number of hydrogen-bond donors (Lipinski definition) is 0. The van der Waals surface area contributed by atoms with Gasteiger partial charge in [0.15, 0.2) is 0 Å². The van der Waals surface area contributed by atoms with Crippen LogP contribution in [0.15, 0.2) is 67.0 Å². The number of benzene rings is 2.